The Labute approximate surface area is 179 Å². The number of nitriles is 1. The first kappa shape index (κ1) is 22.1. The van der Waals surface area contributed by atoms with E-state index in [0.29, 0.717) is 32.0 Å². The summed E-state index contributed by atoms with van der Waals surface area (Å²) in [5, 5.41) is 8.91. The first-order chi connectivity index (χ1) is 14.5. The molecule has 0 unspecified atom stereocenters. The van der Waals surface area contributed by atoms with Crippen molar-refractivity contribution in [2.45, 2.75) is 39.3 Å². The Morgan fingerprint density at radius 3 is 2.43 bits per heavy atom. The molecule has 1 aromatic carbocycles. The van der Waals surface area contributed by atoms with Crippen LogP contribution in [0.15, 0.2) is 47.1 Å². The van der Waals surface area contributed by atoms with Gasteiger partial charge in [0.25, 0.3) is 0 Å². The highest BCUT2D eigenvalue weighted by molar-refractivity contribution is 5.78. The fourth-order valence-electron chi connectivity index (χ4n) is 3.73. The molecule has 0 bridgehead atoms. The molecule has 1 aromatic heterocycles. The highest BCUT2D eigenvalue weighted by Crippen LogP contribution is 2.16. The van der Waals surface area contributed by atoms with Crippen molar-refractivity contribution in [1.82, 2.24) is 14.7 Å². The summed E-state index contributed by atoms with van der Waals surface area (Å²) in [5.74, 6) is 1.36. The van der Waals surface area contributed by atoms with Gasteiger partial charge >= 0.3 is 0 Å². The Hall–Kier alpha value is -2.62. The van der Waals surface area contributed by atoms with Crippen molar-refractivity contribution in [1.29, 1.82) is 5.26 Å². The van der Waals surface area contributed by atoms with Gasteiger partial charge in [-0.2, -0.15) is 5.26 Å². The summed E-state index contributed by atoms with van der Waals surface area (Å²) in [6, 6.07) is 14.7. The maximum atomic E-state index is 12.8. The number of hydrogen-bond donors (Lipinski definition) is 0. The van der Waals surface area contributed by atoms with Crippen LogP contribution in [-0.2, 0) is 17.9 Å². The molecule has 30 heavy (non-hydrogen) atoms. The Morgan fingerprint density at radius 1 is 1.13 bits per heavy atom. The second-order valence-corrected chi connectivity index (χ2v) is 8.25. The van der Waals surface area contributed by atoms with Crippen molar-refractivity contribution in [2.24, 2.45) is 0 Å². The third kappa shape index (κ3) is 6.45. The standard InChI is InChI=1S/C24H32N4O2/c1-20(2)22-8-6-21(7-9-22)17-26-12-14-27(15-13-26)19-24(29)28(11-4-10-25)18-23-5-3-16-30-23/h3,5-9,16,20H,4,11-15,17-19H2,1-2H3. The van der Waals surface area contributed by atoms with Gasteiger partial charge in [-0.1, -0.05) is 38.1 Å². The van der Waals surface area contributed by atoms with Gasteiger partial charge in [-0.05, 0) is 29.2 Å². The quantitative estimate of drug-likeness (QED) is 0.636. The molecular formula is C24H32N4O2. The fourth-order valence-corrected chi connectivity index (χ4v) is 3.73. The topological polar surface area (TPSA) is 63.7 Å². The number of nitrogens with zero attached hydrogens (tertiary/aromatic N) is 4. The molecule has 1 aliphatic heterocycles. The molecule has 3 rings (SSSR count). The third-order valence-corrected chi connectivity index (χ3v) is 5.65. The van der Waals surface area contributed by atoms with Crippen LogP contribution in [0, 0.1) is 11.3 Å². The van der Waals surface area contributed by atoms with Gasteiger partial charge in [-0.25, -0.2) is 0 Å². The van der Waals surface area contributed by atoms with Gasteiger partial charge in [0.15, 0.2) is 0 Å². The van der Waals surface area contributed by atoms with Crippen LogP contribution in [0.5, 0.6) is 0 Å². The van der Waals surface area contributed by atoms with Crippen LogP contribution in [0.25, 0.3) is 0 Å². The van der Waals surface area contributed by atoms with Gasteiger partial charge in [-0.15, -0.1) is 0 Å². The summed E-state index contributed by atoms with van der Waals surface area (Å²) in [6.07, 6.45) is 1.94. The Kier molecular flexibility index (Phi) is 8.06. The minimum Gasteiger partial charge on any atom is -0.467 e. The molecule has 0 saturated carbocycles. The van der Waals surface area contributed by atoms with E-state index in [1.165, 1.54) is 11.1 Å². The maximum Gasteiger partial charge on any atom is 0.237 e. The number of carbonyl (C=O) groups excluding carboxylic acids is 1. The van der Waals surface area contributed by atoms with Crippen LogP contribution < -0.4 is 0 Å². The van der Waals surface area contributed by atoms with Crippen molar-refractivity contribution in [3.63, 3.8) is 0 Å². The van der Waals surface area contributed by atoms with Crippen molar-refractivity contribution in [2.75, 3.05) is 39.3 Å². The van der Waals surface area contributed by atoms with Gasteiger partial charge in [0.2, 0.25) is 5.91 Å². The first-order valence-corrected chi connectivity index (χ1v) is 10.8. The number of benzene rings is 1. The zero-order chi connectivity index (χ0) is 21.3. The largest absolute Gasteiger partial charge is 0.467 e. The minimum absolute atomic E-state index is 0.0550. The summed E-state index contributed by atoms with van der Waals surface area (Å²) in [6.45, 7) is 10.3. The van der Waals surface area contributed by atoms with E-state index in [2.05, 4.69) is 54.0 Å². The minimum atomic E-state index is 0.0550. The fraction of sp³-hybridized carbons (Fsp3) is 0.500. The van der Waals surface area contributed by atoms with Crippen LogP contribution >= 0.6 is 0 Å². The molecule has 2 heterocycles. The van der Waals surface area contributed by atoms with E-state index >= 15 is 0 Å². The van der Waals surface area contributed by atoms with Crippen molar-refractivity contribution < 1.29 is 9.21 Å². The number of rotatable bonds is 9. The van der Waals surface area contributed by atoms with E-state index in [0.717, 1.165) is 38.5 Å². The zero-order valence-electron chi connectivity index (χ0n) is 18.1. The molecule has 160 valence electrons. The molecule has 2 aromatic rings. The van der Waals surface area contributed by atoms with E-state index < -0.39 is 0 Å². The summed E-state index contributed by atoms with van der Waals surface area (Å²) in [5.41, 5.74) is 2.71. The molecule has 6 heteroatoms. The molecule has 0 N–H and O–H groups in total. The highest BCUT2D eigenvalue weighted by atomic mass is 16.3. The number of amides is 1. The van der Waals surface area contributed by atoms with Gasteiger partial charge in [0.1, 0.15) is 5.76 Å². The lowest BCUT2D eigenvalue weighted by Crippen LogP contribution is -2.49. The van der Waals surface area contributed by atoms with Crippen LogP contribution in [-0.4, -0.2) is 59.9 Å². The van der Waals surface area contributed by atoms with E-state index in [-0.39, 0.29) is 5.91 Å². The van der Waals surface area contributed by atoms with Crippen LogP contribution in [0.2, 0.25) is 0 Å². The van der Waals surface area contributed by atoms with E-state index in [4.69, 9.17) is 9.68 Å². The molecule has 1 saturated heterocycles. The number of piperazine rings is 1. The predicted octanol–water partition coefficient (Wildman–Crippen LogP) is 3.46. The van der Waals surface area contributed by atoms with Crippen molar-refractivity contribution in [3.05, 3.63) is 59.5 Å². The molecule has 1 fully saturated rings. The lowest BCUT2D eigenvalue weighted by molar-refractivity contribution is -0.133. The molecule has 0 aliphatic carbocycles. The maximum absolute atomic E-state index is 12.8. The number of hydrogen-bond acceptors (Lipinski definition) is 5. The third-order valence-electron chi connectivity index (χ3n) is 5.65. The van der Waals surface area contributed by atoms with E-state index in [9.17, 15) is 4.79 Å². The van der Waals surface area contributed by atoms with Crippen molar-refractivity contribution in [3.8, 4) is 6.07 Å². The second-order valence-electron chi connectivity index (χ2n) is 8.25. The Morgan fingerprint density at radius 2 is 1.83 bits per heavy atom. The summed E-state index contributed by atoms with van der Waals surface area (Å²) < 4.78 is 5.38. The molecule has 0 spiro atoms. The second kappa shape index (κ2) is 11.0. The molecule has 1 amide bonds. The summed E-state index contributed by atoms with van der Waals surface area (Å²) >= 11 is 0. The molecule has 0 radical (unpaired) electrons. The summed E-state index contributed by atoms with van der Waals surface area (Å²) in [4.78, 5) is 19.2. The molecule has 1 aliphatic rings. The predicted molar refractivity (Wildman–Crippen MR) is 117 cm³/mol. The average Bonchev–Trinajstić information content (AvgIpc) is 3.26. The molecular weight excluding hydrogens is 376 g/mol. The van der Waals surface area contributed by atoms with E-state index in [1.807, 2.05) is 12.1 Å². The van der Waals surface area contributed by atoms with Crippen LogP contribution in [0.4, 0.5) is 0 Å². The highest BCUT2D eigenvalue weighted by Gasteiger charge is 2.22. The lowest BCUT2D eigenvalue weighted by Gasteiger charge is -2.35. The van der Waals surface area contributed by atoms with Crippen LogP contribution in [0.1, 0.15) is 43.1 Å². The first-order valence-electron chi connectivity index (χ1n) is 10.8. The summed E-state index contributed by atoms with van der Waals surface area (Å²) in [7, 11) is 0. The van der Waals surface area contributed by atoms with Crippen molar-refractivity contribution >= 4 is 5.91 Å². The zero-order valence-corrected chi connectivity index (χ0v) is 18.1. The van der Waals surface area contributed by atoms with Gasteiger partial charge in [0, 0.05) is 39.3 Å². The lowest BCUT2D eigenvalue weighted by atomic mass is 10.0. The van der Waals surface area contributed by atoms with Gasteiger partial charge in [-0.3, -0.25) is 14.6 Å². The molecule has 0 atom stereocenters. The number of carbonyl (C=O) groups is 1. The molecule has 6 nitrogen and oxygen atoms in total. The van der Waals surface area contributed by atoms with Gasteiger partial charge < -0.3 is 9.32 Å². The normalized spacial score (nSPS) is 15.3. The van der Waals surface area contributed by atoms with Gasteiger partial charge in [0.05, 0.1) is 31.8 Å². The number of furan rings is 1. The Balaban J connectivity index is 1.46. The monoisotopic (exact) mass is 408 g/mol. The van der Waals surface area contributed by atoms with E-state index in [1.54, 1.807) is 11.2 Å². The smallest absolute Gasteiger partial charge is 0.237 e. The Bertz CT molecular complexity index is 816. The van der Waals surface area contributed by atoms with Crippen LogP contribution in [0.3, 0.4) is 0 Å². The average molecular weight is 409 g/mol. The SMILES string of the molecule is CC(C)c1ccc(CN2CCN(CC(=O)N(CCC#N)Cc3ccco3)CC2)cc1.